The molecule has 1 aliphatic rings. The molecule has 4 N–H and O–H groups in total. The van der Waals surface area contributed by atoms with E-state index in [1.54, 1.807) is 0 Å². The third-order valence-corrected chi connectivity index (χ3v) is 2.69. The van der Waals surface area contributed by atoms with Crippen molar-refractivity contribution < 1.29 is 0 Å². The Bertz CT molecular complexity index is 299. The van der Waals surface area contributed by atoms with Crippen LogP contribution in [0.15, 0.2) is 24.3 Å². The number of rotatable bonds is 1. The van der Waals surface area contributed by atoms with Gasteiger partial charge >= 0.3 is 0 Å². The van der Waals surface area contributed by atoms with Gasteiger partial charge < -0.3 is 11.1 Å². The van der Waals surface area contributed by atoms with Gasteiger partial charge in [-0.1, -0.05) is 18.2 Å². The highest BCUT2D eigenvalue weighted by Gasteiger charge is 2.30. The quantitative estimate of drug-likeness (QED) is 0.592. The topological polar surface area (TPSA) is 50.1 Å². The van der Waals surface area contributed by atoms with Gasteiger partial charge in [-0.15, -0.1) is 0 Å². The van der Waals surface area contributed by atoms with E-state index in [0.29, 0.717) is 0 Å². The zero-order valence-electron chi connectivity index (χ0n) is 8.38. The second kappa shape index (κ2) is 3.69. The van der Waals surface area contributed by atoms with Gasteiger partial charge in [-0.05, 0) is 24.6 Å². The number of hydrogen-bond acceptors (Lipinski definition) is 3. The van der Waals surface area contributed by atoms with Gasteiger partial charge in [0.1, 0.15) is 0 Å². The van der Waals surface area contributed by atoms with E-state index in [4.69, 9.17) is 5.73 Å². The van der Waals surface area contributed by atoms with Crippen LogP contribution in [0, 0.1) is 6.07 Å². The number of benzene rings is 1. The van der Waals surface area contributed by atoms with E-state index in [1.807, 2.05) is 18.2 Å². The van der Waals surface area contributed by atoms with Crippen molar-refractivity contribution in [1.82, 2.24) is 10.6 Å². The van der Waals surface area contributed by atoms with Gasteiger partial charge in [-0.2, -0.15) is 0 Å². The number of nitrogens with two attached hydrogens (primary N) is 1. The molecule has 3 heteroatoms. The fraction of sp³-hybridized carbons (Fsp3) is 0.455. The fourth-order valence-corrected chi connectivity index (χ4v) is 1.91. The summed E-state index contributed by atoms with van der Waals surface area (Å²) in [4.78, 5) is 0. The first-order valence-electron chi connectivity index (χ1n) is 4.91. The zero-order valence-corrected chi connectivity index (χ0v) is 8.38. The lowest BCUT2D eigenvalue weighted by molar-refractivity contribution is 0.248. The van der Waals surface area contributed by atoms with Gasteiger partial charge in [0.15, 0.2) is 0 Å². The molecule has 1 aromatic rings. The minimum absolute atomic E-state index is 0.0222. The largest absolute Gasteiger partial charge is 0.315 e. The molecule has 1 radical (unpaired) electrons. The van der Waals surface area contributed by atoms with Crippen molar-refractivity contribution in [3.63, 3.8) is 0 Å². The number of hydrogen-bond donors (Lipinski definition) is 3. The lowest BCUT2D eigenvalue weighted by Crippen LogP contribution is -2.63. The molecule has 1 fully saturated rings. The van der Waals surface area contributed by atoms with Crippen molar-refractivity contribution in [2.45, 2.75) is 18.6 Å². The van der Waals surface area contributed by atoms with Crippen LogP contribution < -0.4 is 16.4 Å². The maximum Gasteiger partial charge on any atom is 0.0682 e. The highest BCUT2D eigenvalue weighted by Crippen LogP contribution is 2.21. The Morgan fingerprint density at radius 1 is 1.64 bits per heavy atom. The predicted molar refractivity (Wildman–Crippen MR) is 56.6 cm³/mol. The molecule has 0 bridgehead atoms. The first kappa shape index (κ1) is 9.65. The molecule has 1 aliphatic heterocycles. The molecule has 3 nitrogen and oxygen atoms in total. The molecule has 2 atom stereocenters. The average Bonchev–Trinajstić information content (AvgIpc) is 2.19. The minimum atomic E-state index is -0.0740. The van der Waals surface area contributed by atoms with Gasteiger partial charge in [0.2, 0.25) is 0 Å². The lowest BCUT2D eigenvalue weighted by atomic mass is 9.90. The molecule has 1 saturated heterocycles. The first-order valence-corrected chi connectivity index (χ1v) is 4.91. The van der Waals surface area contributed by atoms with E-state index in [9.17, 15) is 0 Å². The molecule has 0 amide bonds. The van der Waals surface area contributed by atoms with E-state index in [2.05, 4.69) is 29.7 Å². The Balaban J connectivity index is 2.23. The maximum atomic E-state index is 5.86. The molecule has 1 heterocycles. The van der Waals surface area contributed by atoms with Crippen LogP contribution >= 0.6 is 0 Å². The van der Waals surface area contributed by atoms with Crippen LogP contribution in [0.4, 0.5) is 0 Å². The second-order valence-corrected chi connectivity index (χ2v) is 4.01. The second-order valence-electron chi connectivity index (χ2n) is 4.01. The van der Waals surface area contributed by atoms with Gasteiger partial charge in [-0.25, -0.2) is 0 Å². The van der Waals surface area contributed by atoms with E-state index >= 15 is 0 Å². The van der Waals surface area contributed by atoms with Crippen LogP contribution in [0.2, 0.25) is 0 Å². The monoisotopic (exact) mass is 190 g/mol. The van der Waals surface area contributed by atoms with Crippen molar-refractivity contribution in [1.29, 1.82) is 0 Å². The summed E-state index contributed by atoms with van der Waals surface area (Å²) in [7, 11) is 0. The van der Waals surface area contributed by atoms with E-state index in [1.165, 1.54) is 5.56 Å². The standard InChI is InChI=1S/C11H16N3/c1-11(8-13-7-10(12)14-11)9-5-3-2-4-6-9/h2-3,5-6,10,13-14H,7-8,12H2,1H3. The molecule has 0 saturated carbocycles. The smallest absolute Gasteiger partial charge is 0.0682 e. The summed E-state index contributed by atoms with van der Waals surface area (Å²) in [5.74, 6) is 0. The van der Waals surface area contributed by atoms with E-state index in [-0.39, 0.29) is 11.7 Å². The van der Waals surface area contributed by atoms with Crippen LogP contribution in [0.5, 0.6) is 0 Å². The highest BCUT2D eigenvalue weighted by molar-refractivity contribution is 5.24. The summed E-state index contributed by atoms with van der Waals surface area (Å²) in [5.41, 5.74) is 7.01. The van der Waals surface area contributed by atoms with Gasteiger partial charge in [0.25, 0.3) is 0 Å². The summed E-state index contributed by atoms with van der Waals surface area (Å²) >= 11 is 0. The van der Waals surface area contributed by atoms with Crippen LogP contribution in [-0.4, -0.2) is 19.3 Å². The Hall–Kier alpha value is -0.900. The van der Waals surface area contributed by atoms with Crippen molar-refractivity contribution in [3.05, 3.63) is 35.9 Å². The maximum absolute atomic E-state index is 5.86. The Kier molecular flexibility index (Phi) is 2.54. The molecular weight excluding hydrogens is 174 g/mol. The zero-order chi connectivity index (χ0) is 10.0. The third kappa shape index (κ3) is 1.80. The highest BCUT2D eigenvalue weighted by atomic mass is 15.2. The van der Waals surface area contributed by atoms with Crippen molar-refractivity contribution in [3.8, 4) is 0 Å². The normalized spacial score (nSPS) is 32.9. The van der Waals surface area contributed by atoms with Crippen molar-refractivity contribution >= 4 is 0 Å². The van der Waals surface area contributed by atoms with E-state index < -0.39 is 0 Å². The van der Waals surface area contributed by atoms with Crippen molar-refractivity contribution in [2.24, 2.45) is 5.73 Å². The van der Waals surface area contributed by atoms with Crippen molar-refractivity contribution in [2.75, 3.05) is 13.1 Å². The van der Waals surface area contributed by atoms with E-state index in [0.717, 1.165) is 13.1 Å². The molecule has 2 unspecified atom stereocenters. The lowest BCUT2D eigenvalue weighted by Gasteiger charge is -2.39. The third-order valence-electron chi connectivity index (χ3n) is 2.69. The number of nitrogens with one attached hydrogen (secondary N) is 2. The average molecular weight is 190 g/mol. The fourth-order valence-electron chi connectivity index (χ4n) is 1.91. The summed E-state index contributed by atoms with van der Waals surface area (Å²) in [6.07, 6.45) is 0.0222. The summed E-state index contributed by atoms with van der Waals surface area (Å²) in [5, 5.41) is 6.73. The molecule has 2 rings (SSSR count). The number of piperazine rings is 1. The Morgan fingerprint density at radius 2 is 2.50 bits per heavy atom. The molecule has 0 spiro atoms. The molecule has 75 valence electrons. The summed E-state index contributed by atoms with van der Waals surface area (Å²) in [6.45, 7) is 3.88. The molecule has 0 aromatic heterocycles. The summed E-state index contributed by atoms with van der Waals surface area (Å²) < 4.78 is 0. The van der Waals surface area contributed by atoms with Gasteiger partial charge in [-0.3, -0.25) is 5.32 Å². The molecule has 0 aliphatic carbocycles. The van der Waals surface area contributed by atoms with Crippen LogP contribution in [0.1, 0.15) is 12.5 Å². The van der Waals surface area contributed by atoms with Crippen LogP contribution in [-0.2, 0) is 5.54 Å². The molecule has 14 heavy (non-hydrogen) atoms. The predicted octanol–water partition coefficient (Wildman–Crippen LogP) is 0.180. The summed E-state index contributed by atoms with van der Waals surface area (Å²) in [6, 6.07) is 11.1. The first-order chi connectivity index (χ1) is 6.71. The van der Waals surface area contributed by atoms with Crippen LogP contribution in [0.3, 0.4) is 0 Å². The Labute approximate surface area is 84.7 Å². The van der Waals surface area contributed by atoms with Gasteiger partial charge in [0, 0.05) is 13.1 Å². The Morgan fingerprint density at radius 3 is 3.14 bits per heavy atom. The SMILES string of the molecule is CC1(c2c[c]ccc2)CNCC(N)N1. The minimum Gasteiger partial charge on any atom is -0.315 e. The van der Waals surface area contributed by atoms with Crippen LogP contribution in [0.25, 0.3) is 0 Å². The van der Waals surface area contributed by atoms with Gasteiger partial charge in [0.05, 0.1) is 11.7 Å². The molecular formula is C11H16N3. The molecule has 1 aromatic carbocycles.